The summed E-state index contributed by atoms with van der Waals surface area (Å²) in [7, 11) is 0. The van der Waals surface area contributed by atoms with Gasteiger partial charge in [0.15, 0.2) is 0 Å². The second-order valence-corrected chi connectivity index (χ2v) is 9.27. The molecule has 3 aromatic rings. The van der Waals surface area contributed by atoms with Crippen molar-refractivity contribution in [1.29, 1.82) is 0 Å². The van der Waals surface area contributed by atoms with Gasteiger partial charge in [0, 0.05) is 16.3 Å². The van der Waals surface area contributed by atoms with E-state index in [9.17, 15) is 9.18 Å². The molecule has 2 aromatic carbocycles. The Kier molecular flexibility index (Phi) is 7.15. The highest BCUT2D eigenvalue weighted by atomic mass is 35.5. The number of rotatable bonds is 7. The molecule has 1 N–H and O–H groups in total. The van der Waals surface area contributed by atoms with Gasteiger partial charge in [0.05, 0.1) is 12.3 Å². The molecular weight excluding hydrogens is 425 g/mol. The largest absolute Gasteiger partial charge is 0.346 e. The highest BCUT2D eigenvalue weighted by Gasteiger charge is 2.15. The first-order chi connectivity index (χ1) is 14.2. The molecule has 1 amide bonds. The predicted octanol–water partition coefficient (Wildman–Crippen LogP) is 5.38. The molecular formula is C22H23ClFN3O2S. The maximum absolute atomic E-state index is 13.7. The number of amides is 1. The van der Waals surface area contributed by atoms with Crippen LogP contribution in [0.5, 0.6) is 0 Å². The van der Waals surface area contributed by atoms with Gasteiger partial charge in [0.2, 0.25) is 17.6 Å². The number of hydrogen-bond donors (Lipinski definition) is 1. The van der Waals surface area contributed by atoms with Crippen molar-refractivity contribution in [2.75, 3.05) is 5.75 Å². The van der Waals surface area contributed by atoms with Gasteiger partial charge in [-0.2, -0.15) is 4.98 Å². The second-order valence-electron chi connectivity index (χ2n) is 7.84. The fourth-order valence-electron chi connectivity index (χ4n) is 2.68. The molecule has 1 aromatic heterocycles. The molecule has 0 fully saturated rings. The molecule has 0 spiro atoms. The Morgan fingerprint density at radius 1 is 1.20 bits per heavy atom. The summed E-state index contributed by atoms with van der Waals surface area (Å²) in [5, 5.41) is 7.06. The monoisotopic (exact) mass is 447 g/mol. The quantitative estimate of drug-likeness (QED) is 0.526. The average molecular weight is 448 g/mol. The molecule has 0 aliphatic heterocycles. The van der Waals surface area contributed by atoms with Crippen LogP contribution in [0, 0.1) is 5.82 Å². The summed E-state index contributed by atoms with van der Waals surface area (Å²) in [6.45, 7) is 6.60. The number of thioether (sulfide) groups is 1. The molecule has 0 bridgehead atoms. The highest BCUT2D eigenvalue weighted by Crippen LogP contribution is 2.25. The lowest BCUT2D eigenvalue weighted by Crippen LogP contribution is -2.24. The molecule has 3 rings (SSSR count). The van der Waals surface area contributed by atoms with Crippen molar-refractivity contribution in [3.8, 4) is 11.4 Å². The second kappa shape index (κ2) is 9.62. The number of carbonyl (C=O) groups excluding carboxylic acids is 1. The fourth-order valence-corrected chi connectivity index (χ4v) is 3.68. The van der Waals surface area contributed by atoms with E-state index in [2.05, 4.69) is 36.2 Å². The van der Waals surface area contributed by atoms with Gasteiger partial charge in [-0.05, 0) is 28.7 Å². The minimum atomic E-state index is -0.371. The zero-order valence-electron chi connectivity index (χ0n) is 17.0. The van der Waals surface area contributed by atoms with Crippen molar-refractivity contribution < 1.29 is 13.7 Å². The molecule has 0 unspecified atom stereocenters. The first-order valence-electron chi connectivity index (χ1n) is 9.44. The standard InChI is InChI=1S/C22H23ClFN3O2S/c1-22(2,3)16-7-4-14(5-8-16)21-26-20(29-27-21)11-25-19(28)13-30-12-15-6-9-17(23)10-18(15)24/h4-10H,11-13H2,1-3H3,(H,25,28). The number of nitrogens with one attached hydrogen (secondary N) is 1. The summed E-state index contributed by atoms with van der Waals surface area (Å²) >= 11 is 7.05. The lowest BCUT2D eigenvalue weighted by Gasteiger charge is -2.18. The van der Waals surface area contributed by atoms with Crippen LogP contribution in [-0.4, -0.2) is 21.8 Å². The lowest BCUT2D eigenvalue weighted by atomic mass is 9.87. The lowest BCUT2D eigenvalue weighted by molar-refractivity contribution is -0.118. The van der Waals surface area contributed by atoms with E-state index in [4.69, 9.17) is 16.1 Å². The summed E-state index contributed by atoms with van der Waals surface area (Å²) in [6.07, 6.45) is 0. The van der Waals surface area contributed by atoms with Crippen molar-refractivity contribution in [2.24, 2.45) is 0 Å². The van der Waals surface area contributed by atoms with Gasteiger partial charge in [-0.3, -0.25) is 4.79 Å². The predicted molar refractivity (Wildman–Crippen MR) is 118 cm³/mol. The molecule has 0 atom stereocenters. The van der Waals surface area contributed by atoms with E-state index in [-0.39, 0.29) is 29.4 Å². The van der Waals surface area contributed by atoms with Crippen molar-refractivity contribution >= 4 is 29.3 Å². The minimum absolute atomic E-state index is 0.0720. The Morgan fingerprint density at radius 3 is 2.60 bits per heavy atom. The van der Waals surface area contributed by atoms with E-state index in [0.717, 1.165) is 5.56 Å². The van der Waals surface area contributed by atoms with Crippen LogP contribution in [-0.2, 0) is 22.5 Å². The van der Waals surface area contributed by atoms with Gasteiger partial charge in [-0.15, -0.1) is 11.8 Å². The number of hydrogen-bond acceptors (Lipinski definition) is 5. The number of benzene rings is 2. The molecule has 5 nitrogen and oxygen atoms in total. The van der Waals surface area contributed by atoms with Gasteiger partial charge in [-0.1, -0.05) is 67.9 Å². The van der Waals surface area contributed by atoms with Gasteiger partial charge >= 0.3 is 0 Å². The maximum Gasteiger partial charge on any atom is 0.246 e. The molecule has 0 aliphatic rings. The summed E-state index contributed by atoms with van der Waals surface area (Å²) < 4.78 is 19.0. The summed E-state index contributed by atoms with van der Waals surface area (Å²) in [5.41, 5.74) is 2.65. The number of carbonyl (C=O) groups is 1. The average Bonchev–Trinajstić information content (AvgIpc) is 3.16. The topological polar surface area (TPSA) is 68.0 Å². The summed E-state index contributed by atoms with van der Waals surface area (Å²) in [6, 6.07) is 12.5. The SMILES string of the molecule is CC(C)(C)c1ccc(-c2noc(CNC(=O)CSCc3ccc(Cl)cc3F)n2)cc1. The third-order valence-electron chi connectivity index (χ3n) is 4.42. The van der Waals surface area contributed by atoms with Crippen molar-refractivity contribution in [3.63, 3.8) is 0 Å². The first kappa shape index (κ1) is 22.3. The van der Waals surface area contributed by atoms with Crippen LogP contribution in [0.4, 0.5) is 4.39 Å². The van der Waals surface area contributed by atoms with Crippen LogP contribution in [0.1, 0.15) is 37.8 Å². The minimum Gasteiger partial charge on any atom is -0.346 e. The number of aromatic nitrogens is 2. The van der Waals surface area contributed by atoms with E-state index in [0.29, 0.717) is 28.1 Å². The van der Waals surface area contributed by atoms with Gasteiger partial charge in [-0.25, -0.2) is 4.39 Å². The molecule has 0 saturated carbocycles. The van der Waals surface area contributed by atoms with Gasteiger partial charge in [0.25, 0.3) is 0 Å². The van der Waals surface area contributed by atoms with Crippen LogP contribution in [0.25, 0.3) is 11.4 Å². The first-order valence-corrected chi connectivity index (χ1v) is 11.0. The van der Waals surface area contributed by atoms with E-state index in [1.165, 1.54) is 23.4 Å². The van der Waals surface area contributed by atoms with Crippen molar-refractivity contribution in [3.05, 3.63) is 70.3 Å². The van der Waals surface area contributed by atoms with Crippen molar-refractivity contribution in [2.45, 2.75) is 38.5 Å². The highest BCUT2D eigenvalue weighted by molar-refractivity contribution is 7.99. The zero-order valence-corrected chi connectivity index (χ0v) is 18.6. The normalized spacial score (nSPS) is 11.5. The van der Waals surface area contributed by atoms with Crippen LogP contribution in [0.2, 0.25) is 5.02 Å². The zero-order chi connectivity index (χ0) is 21.7. The molecule has 0 saturated heterocycles. The van der Waals surface area contributed by atoms with E-state index in [1.807, 2.05) is 24.3 Å². The Bertz CT molecular complexity index is 1020. The van der Waals surface area contributed by atoms with E-state index in [1.54, 1.807) is 12.1 Å². The molecule has 0 radical (unpaired) electrons. The number of halogens is 2. The molecule has 30 heavy (non-hydrogen) atoms. The van der Waals surface area contributed by atoms with E-state index < -0.39 is 0 Å². The van der Waals surface area contributed by atoms with Gasteiger partial charge < -0.3 is 9.84 Å². The Balaban J connectivity index is 1.47. The van der Waals surface area contributed by atoms with Crippen LogP contribution in [0.3, 0.4) is 0 Å². The third kappa shape index (κ3) is 6.06. The summed E-state index contributed by atoms with van der Waals surface area (Å²) in [4.78, 5) is 16.3. The Labute approximate surface area is 184 Å². The molecule has 8 heteroatoms. The van der Waals surface area contributed by atoms with E-state index >= 15 is 0 Å². The molecule has 1 heterocycles. The van der Waals surface area contributed by atoms with Crippen LogP contribution < -0.4 is 5.32 Å². The molecule has 158 valence electrons. The molecule has 0 aliphatic carbocycles. The van der Waals surface area contributed by atoms with Crippen LogP contribution >= 0.6 is 23.4 Å². The third-order valence-corrected chi connectivity index (χ3v) is 5.64. The van der Waals surface area contributed by atoms with Crippen molar-refractivity contribution in [1.82, 2.24) is 15.5 Å². The Hall–Kier alpha value is -2.38. The maximum atomic E-state index is 13.7. The smallest absolute Gasteiger partial charge is 0.246 e. The fraction of sp³-hybridized carbons (Fsp3) is 0.318. The summed E-state index contributed by atoms with van der Waals surface area (Å²) in [5.74, 6) is 0.815. The number of nitrogens with zero attached hydrogens (tertiary/aromatic N) is 2. The van der Waals surface area contributed by atoms with Crippen LogP contribution in [0.15, 0.2) is 47.0 Å². The Morgan fingerprint density at radius 2 is 1.93 bits per heavy atom. The van der Waals surface area contributed by atoms with Gasteiger partial charge in [0.1, 0.15) is 5.82 Å².